The molecule has 0 rings (SSSR count). The number of likely N-dealkylation sites (N-methyl/N-ethyl adjacent to an activating group) is 1. The third kappa shape index (κ3) is 9.97. The maximum Gasteiger partial charge on any atom is 0.242 e. The van der Waals surface area contributed by atoms with E-state index in [0.717, 1.165) is 25.8 Å². The summed E-state index contributed by atoms with van der Waals surface area (Å²) in [6.07, 6.45) is 3.64. The van der Waals surface area contributed by atoms with Crippen molar-refractivity contribution in [1.82, 2.24) is 15.5 Å². The Bertz CT molecular complexity index is 323. The average Bonchev–Trinajstić information content (AvgIpc) is 2.44. The van der Waals surface area contributed by atoms with Crippen molar-refractivity contribution >= 4 is 18.1 Å². The minimum Gasteiger partial charge on any atom is -0.348 e. The highest BCUT2D eigenvalue weighted by Crippen LogP contribution is 2.01. The molecule has 122 valence electrons. The van der Waals surface area contributed by atoms with Gasteiger partial charge in [-0.25, -0.2) is 0 Å². The van der Waals surface area contributed by atoms with Crippen LogP contribution in [0.15, 0.2) is 0 Å². The first kappa shape index (κ1) is 19.5. The highest BCUT2D eigenvalue weighted by molar-refractivity contribution is 5.89. The molecule has 4 N–H and O–H groups in total. The van der Waals surface area contributed by atoms with E-state index in [1.165, 1.54) is 0 Å². The van der Waals surface area contributed by atoms with E-state index >= 15 is 0 Å². The summed E-state index contributed by atoms with van der Waals surface area (Å²) < 4.78 is 0. The van der Waals surface area contributed by atoms with Gasteiger partial charge < -0.3 is 21.2 Å². The lowest BCUT2D eigenvalue weighted by Gasteiger charge is -2.20. The number of nitrogens with one attached hydrogen (secondary N) is 2. The summed E-state index contributed by atoms with van der Waals surface area (Å²) in [4.78, 5) is 36.0. The summed E-state index contributed by atoms with van der Waals surface area (Å²) in [5, 5.41) is 5.20. The molecular weight excluding hydrogens is 272 g/mol. The molecule has 0 aromatic carbocycles. The van der Waals surface area contributed by atoms with Crippen molar-refractivity contribution in [1.29, 1.82) is 0 Å². The second-order valence-electron chi connectivity index (χ2n) is 5.05. The van der Waals surface area contributed by atoms with Gasteiger partial charge in [-0.2, -0.15) is 0 Å². The number of nitrogens with zero attached hydrogens (tertiary/aromatic N) is 1. The summed E-state index contributed by atoms with van der Waals surface area (Å²) in [6.45, 7) is 3.62. The van der Waals surface area contributed by atoms with Crippen molar-refractivity contribution in [2.45, 2.75) is 38.6 Å². The summed E-state index contributed by atoms with van der Waals surface area (Å²) in [7, 11) is 1.86. The summed E-state index contributed by atoms with van der Waals surface area (Å²) in [5.74, 6) is -0.518. The Morgan fingerprint density at radius 2 is 2.05 bits per heavy atom. The van der Waals surface area contributed by atoms with Crippen LogP contribution >= 0.6 is 0 Å². The Morgan fingerprint density at radius 3 is 2.62 bits per heavy atom. The molecule has 0 aliphatic rings. The van der Waals surface area contributed by atoms with Crippen LogP contribution in [0.3, 0.4) is 0 Å². The van der Waals surface area contributed by atoms with Crippen molar-refractivity contribution < 1.29 is 14.4 Å². The van der Waals surface area contributed by atoms with Crippen LogP contribution in [0.25, 0.3) is 0 Å². The molecule has 0 aliphatic carbocycles. The molecule has 0 bridgehead atoms. The van der Waals surface area contributed by atoms with E-state index in [4.69, 9.17) is 5.73 Å². The number of carbonyl (C=O) groups excluding carboxylic acids is 3. The Morgan fingerprint density at radius 1 is 1.33 bits per heavy atom. The maximum atomic E-state index is 11.9. The molecule has 7 heteroatoms. The van der Waals surface area contributed by atoms with Gasteiger partial charge in [0.15, 0.2) is 0 Å². The van der Waals surface area contributed by atoms with Crippen molar-refractivity contribution in [2.75, 3.05) is 33.2 Å². The fourth-order valence-electron chi connectivity index (χ4n) is 1.97. The van der Waals surface area contributed by atoms with Gasteiger partial charge in [-0.1, -0.05) is 6.92 Å². The number of aldehydes is 1. The van der Waals surface area contributed by atoms with E-state index < -0.39 is 6.04 Å². The molecule has 2 amide bonds. The SMILES string of the molecule is CCCN(C)CC(=O)NC(CCCCN)C(=O)NCC=O. The highest BCUT2D eigenvalue weighted by atomic mass is 16.2. The quantitative estimate of drug-likeness (QED) is 0.325. The largest absolute Gasteiger partial charge is 0.348 e. The minimum atomic E-state index is -0.612. The van der Waals surface area contributed by atoms with Gasteiger partial charge in [0.05, 0.1) is 13.1 Å². The van der Waals surface area contributed by atoms with E-state index in [2.05, 4.69) is 10.6 Å². The second kappa shape index (κ2) is 12.3. The average molecular weight is 300 g/mol. The van der Waals surface area contributed by atoms with Gasteiger partial charge in [0, 0.05) is 0 Å². The van der Waals surface area contributed by atoms with Crippen molar-refractivity contribution in [3.63, 3.8) is 0 Å². The van der Waals surface area contributed by atoms with Gasteiger partial charge in [0.25, 0.3) is 0 Å². The molecule has 0 saturated heterocycles. The second-order valence-corrected chi connectivity index (χ2v) is 5.05. The van der Waals surface area contributed by atoms with E-state index in [9.17, 15) is 14.4 Å². The molecule has 0 spiro atoms. The van der Waals surface area contributed by atoms with Crippen LogP contribution in [-0.2, 0) is 14.4 Å². The first-order valence-electron chi connectivity index (χ1n) is 7.44. The van der Waals surface area contributed by atoms with Crippen LogP contribution < -0.4 is 16.4 Å². The predicted molar refractivity (Wildman–Crippen MR) is 81.7 cm³/mol. The predicted octanol–water partition coefficient (Wildman–Crippen LogP) is -0.743. The van der Waals surface area contributed by atoms with Crippen molar-refractivity contribution in [2.24, 2.45) is 5.73 Å². The molecule has 0 aromatic heterocycles. The number of hydrogen-bond donors (Lipinski definition) is 3. The van der Waals surface area contributed by atoms with Crippen LogP contribution in [0.4, 0.5) is 0 Å². The Hall–Kier alpha value is -1.47. The zero-order valence-electron chi connectivity index (χ0n) is 13.1. The van der Waals surface area contributed by atoms with Crippen molar-refractivity contribution in [3.8, 4) is 0 Å². The fraction of sp³-hybridized carbons (Fsp3) is 0.786. The number of nitrogens with two attached hydrogens (primary N) is 1. The lowest BCUT2D eigenvalue weighted by Crippen LogP contribution is -2.49. The van der Waals surface area contributed by atoms with E-state index in [-0.39, 0.29) is 24.9 Å². The Balaban J connectivity index is 4.39. The van der Waals surface area contributed by atoms with Gasteiger partial charge in [0.1, 0.15) is 12.3 Å². The topological polar surface area (TPSA) is 105 Å². The number of rotatable bonds is 12. The van der Waals surface area contributed by atoms with E-state index in [1.54, 1.807) is 0 Å². The first-order chi connectivity index (χ1) is 10.0. The lowest BCUT2D eigenvalue weighted by molar-refractivity contribution is -0.129. The van der Waals surface area contributed by atoms with Crippen LogP contribution in [-0.4, -0.2) is 62.3 Å². The third-order valence-electron chi connectivity index (χ3n) is 2.98. The number of hydrogen-bond acceptors (Lipinski definition) is 5. The lowest BCUT2D eigenvalue weighted by atomic mass is 10.1. The first-order valence-corrected chi connectivity index (χ1v) is 7.44. The molecule has 0 radical (unpaired) electrons. The van der Waals surface area contributed by atoms with Gasteiger partial charge >= 0.3 is 0 Å². The van der Waals surface area contributed by atoms with E-state index in [1.807, 2.05) is 18.9 Å². The molecular formula is C14H28N4O3. The Labute approximate surface area is 126 Å². The number of carbonyl (C=O) groups is 3. The molecule has 0 fully saturated rings. The maximum absolute atomic E-state index is 11.9. The molecule has 0 aromatic rings. The van der Waals surface area contributed by atoms with E-state index in [0.29, 0.717) is 19.3 Å². The number of unbranched alkanes of at least 4 members (excludes halogenated alkanes) is 1. The van der Waals surface area contributed by atoms with Crippen LogP contribution in [0, 0.1) is 0 Å². The number of amides is 2. The van der Waals surface area contributed by atoms with Gasteiger partial charge in [0.2, 0.25) is 11.8 Å². The molecule has 1 unspecified atom stereocenters. The van der Waals surface area contributed by atoms with Crippen LogP contribution in [0.5, 0.6) is 0 Å². The van der Waals surface area contributed by atoms with Gasteiger partial charge in [-0.15, -0.1) is 0 Å². The summed E-state index contributed by atoms with van der Waals surface area (Å²) >= 11 is 0. The standard InChI is InChI=1S/C14H28N4O3/c1-3-9-18(2)11-13(20)17-12(6-4-5-7-15)14(21)16-8-10-19/h10,12H,3-9,11,15H2,1-2H3,(H,16,21)(H,17,20). The molecule has 0 saturated carbocycles. The zero-order valence-corrected chi connectivity index (χ0v) is 13.1. The molecule has 7 nitrogen and oxygen atoms in total. The normalized spacial score (nSPS) is 12.0. The van der Waals surface area contributed by atoms with Gasteiger partial charge in [-0.05, 0) is 45.8 Å². The monoisotopic (exact) mass is 300 g/mol. The fourth-order valence-corrected chi connectivity index (χ4v) is 1.97. The van der Waals surface area contributed by atoms with Crippen LogP contribution in [0.1, 0.15) is 32.6 Å². The molecule has 1 atom stereocenters. The molecule has 0 aliphatic heterocycles. The highest BCUT2D eigenvalue weighted by Gasteiger charge is 2.20. The van der Waals surface area contributed by atoms with Crippen molar-refractivity contribution in [3.05, 3.63) is 0 Å². The third-order valence-corrected chi connectivity index (χ3v) is 2.98. The summed E-state index contributed by atoms with van der Waals surface area (Å²) in [6, 6.07) is -0.612. The summed E-state index contributed by atoms with van der Waals surface area (Å²) in [5.41, 5.74) is 5.43. The van der Waals surface area contributed by atoms with Gasteiger partial charge in [-0.3, -0.25) is 14.5 Å². The Kier molecular flexibility index (Phi) is 11.4. The minimum absolute atomic E-state index is 0.0438. The van der Waals surface area contributed by atoms with Crippen LogP contribution in [0.2, 0.25) is 0 Å². The zero-order chi connectivity index (χ0) is 16.1. The molecule has 0 heterocycles. The molecule has 21 heavy (non-hydrogen) atoms. The smallest absolute Gasteiger partial charge is 0.242 e.